The minimum Gasteiger partial charge on any atom is -0.309 e. The lowest BCUT2D eigenvalue weighted by Gasteiger charge is -2.26. The molecule has 4 aromatic rings. The molecule has 7 nitrogen and oxygen atoms in total. The molecule has 27 heavy (non-hydrogen) atoms. The van der Waals surface area contributed by atoms with Crippen molar-refractivity contribution in [1.29, 1.82) is 0 Å². The molecule has 1 N–H and O–H groups in total. The second-order valence-corrected chi connectivity index (χ2v) is 7.30. The van der Waals surface area contributed by atoms with E-state index in [2.05, 4.69) is 57.9 Å². The molecule has 0 radical (unpaired) electrons. The first-order valence-electron chi connectivity index (χ1n) is 8.97. The molecule has 0 saturated carbocycles. The summed E-state index contributed by atoms with van der Waals surface area (Å²) in [5, 5.41) is 14.0. The third-order valence-corrected chi connectivity index (χ3v) is 5.19. The average molecular weight is 357 g/mol. The fourth-order valence-corrected chi connectivity index (χ4v) is 3.51. The van der Waals surface area contributed by atoms with Crippen LogP contribution in [-0.4, -0.2) is 37.7 Å². The van der Waals surface area contributed by atoms with Gasteiger partial charge in [-0.1, -0.05) is 17.3 Å². The maximum atomic E-state index is 4.87. The Morgan fingerprint density at radius 3 is 2.85 bits per heavy atom. The topological polar surface area (TPSA) is 80.9 Å². The van der Waals surface area contributed by atoms with E-state index in [0.29, 0.717) is 0 Å². The minimum atomic E-state index is -0.410. The van der Waals surface area contributed by atoms with Crippen molar-refractivity contribution < 1.29 is 0 Å². The van der Waals surface area contributed by atoms with Gasteiger partial charge in [-0.15, -0.1) is 5.10 Å². The minimum absolute atomic E-state index is 0.174. The summed E-state index contributed by atoms with van der Waals surface area (Å²) in [5.41, 5.74) is 7.23. The Bertz CT molecular complexity index is 1180. The van der Waals surface area contributed by atoms with Crippen molar-refractivity contribution in [3.8, 4) is 0 Å². The van der Waals surface area contributed by atoms with Crippen molar-refractivity contribution in [3.05, 3.63) is 59.9 Å². The van der Waals surface area contributed by atoms with Gasteiger partial charge >= 0.3 is 0 Å². The smallest absolute Gasteiger partial charge is 0.179 e. The molecule has 0 aliphatic carbocycles. The van der Waals surface area contributed by atoms with Crippen LogP contribution in [0.25, 0.3) is 22.1 Å². The van der Waals surface area contributed by atoms with Gasteiger partial charge in [0.25, 0.3) is 0 Å². The van der Waals surface area contributed by atoms with E-state index in [1.807, 2.05) is 41.4 Å². The molecular formula is C20H19N7. The number of nitrogens with zero attached hydrogens (tertiary/aromatic N) is 6. The van der Waals surface area contributed by atoms with Crippen LogP contribution in [0.2, 0.25) is 0 Å². The largest absolute Gasteiger partial charge is 0.309 e. The normalized spacial score (nSPS) is 16.9. The lowest BCUT2D eigenvalue weighted by atomic mass is 9.93. The highest BCUT2D eigenvalue weighted by atomic mass is 15.5. The monoisotopic (exact) mass is 357 g/mol. The van der Waals surface area contributed by atoms with Gasteiger partial charge in [0.05, 0.1) is 22.7 Å². The molecule has 0 saturated heterocycles. The molecule has 5 rings (SSSR count). The lowest BCUT2D eigenvalue weighted by Crippen LogP contribution is -2.29. The average Bonchev–Trinajstić information content (AvgIpc) is 3.37. The molecule has 1 aliphatic heterocycles. The van der Waals surface area contributed by atoms with Gasteiger partial charge < -0.3 is 5.43 Å². The fourth-order valence-electron chi connectivity index (χ4n) is 3.51. The van der Waals surface area contributed by atoms with Crippen LogP contribution in [0.4, 0.5) is 0 Å². The zero-order chi connectivity index (χ0) is 18.4. The summed E-state index contributed by atoms with van der Waals surface area (Å²) in [6, 6.07) is 14.3. The summed E-state index contributed by atoms with van der Waals surface area (Å²) in [5.74, 6) is 0.174. The van der Waals surface area contributed by atoms with Crippen LogP contribution in [0, 0.1) is 0 Å². The second-order valence-electron chi connectivity index (χ2n) is 7.30. The maximum absolute atomic E-state index is 4.87. The zero-order valence-electron chi connectivity index (χ0n) is 15.2. The maximum Gasteiger partial charge on any atom is 0.179 e. The zero-order valence-corrected chi connectivity index (χ0v) is 15.2. The number of fused-ring (bicyclic) bond motifs is 2. The number of hydrazone groups is 1. The highest BCUT2D eigenvalue weighted by molar-refractivity contribution is 5.79. The van der Waals surface area contributed by atoms with E-state index in [1.165, 1.54) is 0 Å². The number of rotatable bonds is 3. The summed E-state index contributed by atoms with van der Waals surface area (Å²) in [6.45, 7) is 5.03. The van der Waals surface area contributed by atoms with E-state index in [4.69, 9.17) is 4.98 Å². The van der Waals surface area contributed by atoms with Gasteiger partial charge in [0.1, 0.15) is 5.52 Å². The van der Waals surface area contributed by atoms with Crippen molar-refractivity contribution in [2.75, 3.05) is 6.54 Å². The third-order valence-electron chi connectivity index (χ3n) is 5.19. The highest BCUT2D eigenvalue weighted by Crippen LogP contribution is 2.30. The Labute approximate surface area is 156 Å². The van der Waals surface area contributed by atoms with E-state index < -0.39 is 5.54 Å². The number of pyridine rings is 2. The molecule has 7 heteroatoms. The van der Waals surface area contributed by atoms with Gasteiger partial charge in [0.2, 0.25) is 0 Å². The summed E-state index contributed by atoms with van der Waals surface area (Å²) in [7, 11) is 0. The Morgan fingerprint density at radius 1 is 1.11 bits per heavy atom. The van der Waals surface area contributed by atoms with Gasteiger partial charge in [-0.25, -0.2) is 9.67 Å². The first-order chi connectivity index (χ1) is 13.1. The van der Waals surface area contributed by atoms with E-state index >= 15 is 0 Å². The van der Waals surface area contributed by atoms with Crippen LogP contribution in [0.15, 0.2) is 53.8 Å². The van der Waals surface area contributed by atoms with Crippen LogP contribution < -0.4 is 5.43 Å². The molecule has 134 valence electrons. The summed E-state index contributed by atoms with van der Waals surface area (Å²) >= 11 is 0. The summed E-state index contributed by atoms with van der Waals surface area (Å²) in [6.07, 6.45) is 3.70. The third kappa shape index (κ3) is 2.54. The van der Waals surface area contributed by atoms with Crippen LogP contribution in [0.3, 0.4) is 0 Å². The second kappa shape index (κ2) is 5.84. The predicted octanol–water partition coefficient (Wildman–Crippen LogP) is 2.83. The van der Waals surface area contributed by atoms with Crippen LogP contribution in [-0.2, 0) is 5.54 Å². The SMILES string of the molecule is CC(C)(c1ccc2ncccc2c1)n1nnc2ccc(C3C=NNC3)nc21. The first kappa shape index (κ1) is 15.9. The fraction of sp³-hybridized carbons (Fsp3) is 0.250. The molecule has 1 atom stereocenters. The quantitative estimate of drug-likeness (QED) is 0.610. The number of benzene rings is 1. The van der Waals surface area contributed by atoms with E-state index in [9.17, 15) is 0 Å². The van der Waals surface area contributed by atoms with Gasteiger partial charge in [-0.2, -0.15) is 5.10 Å². The molecule has 3 aromatic heterocycles. The van der Waals surface area contributed by atoms with E-state index in [-0.39, 0.29) is 5.92 Å². The molecular weight excluding hydrogens is 338 g/mol. The number of hydrogen-bond donors (Lipinski definition) is 1. The molecule has 0 spiro atoms. The van der Waals surface area contributed by atoms with Gasteiger partial charge in [0.15, 0.2) is 5.65 Å². The molecule has 1 aromatic carbocycles. The van der Waals surface area contributed by atoms with Gasteiger partial charge in [-0.3, -0.25) is 4.98 Å². The van der Waals surface area contributed by atoms with Gasteiger partial charge in [-0.05, 0) is 49.7 Å². The van der Waals surface area contributed by atoms with E-state index in [1.54, 1.807) is 0 Å². The Hall–Kier alpha value is -3.35. The molecule has 0 bridgehead atoms. The van der Waals surface area contributed by atoms with Crippen LogP contribution in [0.1, 0.15) is 31.0 Å². The number of nitrogens with one attached hydrogen (secondary N) is 1. The summed E-state index contributed by atoms with van der Waals surface area (Å²) in [4.78, 5) is 9.27. The number of aromatic nitrogens is 5. The summed E-state index contributed by atoms with van der Waals surface area (Å²) < 4.78 is 1.91. The predicted molar refractivity (Wildman–Crippen MR) is 105 cm³/mol. The molecule has 0 amide bonds. The first-order valence-corrected chi connectivity index (χ1v) is 8.97. The number of hydrogen-bond acceptors (Lipinski definition) is 6. The van der Waals surface area contributed by atoms with Crippen molar-refractivity contribution in [1.82, 2.24) is 30.4 Å². The van der Waals surface area contributed by atoms with E-state index in [0.717, 1.165) is 39.9 Å². The van der Waals surface area contributed by atoms with Crippen molar-refractivity contribution in [3.63, 3.8) is 0 Å². The van der Waals surface area contributed by atoms with Crippen molar-refractivity contribution in [2.45, 2.75) is 25.3 Å². The molecule has 1 unspecified atom stereocenters. The lowest BCUT2D eigenvalue weighted by molar-refractivity contribution is 0.391. The van der Waals surface area contributed by atoms with Crippen LogP contribution in [0.5, 0.6) is 0 Å². The van der Waals surface area contributed by atoms with Crippen molar-refractivity contribution >= 4 is 28.3 Å². The Balaban J connectivity index is 1.63. The molecule has 4 heterocycles. The van der Waals surface area contributed by atoms with Crippen LogP contribution >= 0.6 is 0 Å². The van der Waals surface area contributed by atoms with Crippen molar-refractivity contribution in [2.24, 2.45) is 5.10 Å². The Morgan fingerprint density at radius 2 is 2.00 bits per heavy atom. The molecule has 1 aliphatic rings. The Kier molecular flexibility index (Phi) is 3.43. The molecule has 0 fully saturated rings. The van der Waals surface area contributed by atoms with Gasteiger partial charge in [0, 0.05) is 24.3 Å². The highest BCUT2D eigenvalue weighted by Gasteiger charge is 2.28. The standard InChI is InChI=1S/C20H19N7/c1-20(2,15-5-6-16-13(10-15)4-3-9-21-16)27-19-18(25-26-27)8-7-17(24-19)14-11-22-23-12-14/h3-11,14,23H,12H2,1-2H3.